The number of aromatic amines is 1. The second-order valence-corrected chi connectivity index (χ2v) is 8.30. The summed E-state index contributed by atoms with van der Waals surface area (Å²) in [5, 5.41) is 13.2. The van der Waals surface area contributed by atoms with Crippen LogP contribution >= 0.6 is 27.5 Å². The van der Waals surface area contributed by atoms with Gasteiger partial charge in [0, 0.05) is 33.4 Å². The van der Waals surface area contributed by atoms with Crippen LogP contribution in [0, 0.1) is 0 Å². The number of unbranched alkanes of at least 4 members (excludes halogenated alkanes) is 2. The van der Waals surface area contributed by atoms with Gasteiger partial charge in [-0.2, -0.15) is 0 Å². The maximum absolute atomic E-state index is 12.9. The molecule has 3 aromatic rings. The number of aliphatic carboxylic acids is 1. The summed E-state index contributed by atoms with van der Waals surface area (Å²) in [6.07, 6.45) is 6.09. The Morgan fingerprint density at radius 2 is 1.83 bits per heavy atom. The van der Waals surface area contributed by atoms with Gasteiger partial charge < -0.3 is 15.4 Å². The van der Waals surface area contributed by atoms with Gasteiger partial charge in [0.25, 0.3) is 5.91 Å². The molecule has 7 heteroatoms. The molecule has 0 bridgehead atoms. The van der Waals surface area contributed by atoms with E-state index in [2.05, 4.69) is 26.2 Å². The molecule has 0 aliphatic rings. The van der Waals surface area contributed by atoms with E-state index in [1.165, 1.54) is 0 Å². The number of carboxylic acids is 1. The van der Waals surface area contributed by atoms with Crippen molar-refractivity contribution >= 4 is 62.5 Å². The van der Waals surface area contributed by atoms with Crippen LogP contribution in [-0.2, 0) is 4.79 Å². The minimum absolute atomic E-state index is 0.155. The van der Waals surface area contributed by atoms with Crippen molar-refractivity contribution in [2.24, 2.45) is 0 Å². The fraction of sp³-hybridized carbons (Fsp3) is 0.217. The number of aromatic nitrogens is 1. The Morgan fingerprint density at radius 3 is 2.57 bits per heavy atom. The number of fused-ring (bicyclic) bond motifs is 1. The van der Waals surface area contributed by atoms with E-state index in [0.29, 0.717) is 23.6 Å². The third-order valence-corrected chi connectivity index (χ3v) is 5.43. The Balaban J connectivity index is 1.77. The van der Waals surface area contributed by atoms with Gasteiger partial charge in [0.15, 0.2) is 0 Å². The Morgan fingerprint density at radius 1 is 1.07 bits per heavy atom. The lowest BCUT2D eigenvalue weighted by Gasteiger charge is -2.06. The fourth-order valence-corrected chi connectivity index (χ4v) is 3.67. The normalized spacial score (nSPS) is 11.3. The lowest BCUT2D eigenvalue weighted by Crippen LogP contribution is -2.24. The zero-order valence-electron chi connectivity index (χ0n) is 16.3. The average molecular weight is 490 g/mol. The highest BCUT2D eigenvalue weighted by Gasteiger charge is 2.17. The molecule has 0 saturated carbocycles. The van der Waals surface area contributed by atoms with Crippen LogP contribution in [0.5, 0.6) is 0 Å². The summed E-state index contributed by atoms with van der Waals surface area (Å²) >= 11 is 9.41. The van der Waals surface area contributed by atoms with Crippen molar-refractivity contribution in [1.82, 2.24) is 10.3 Å². The van der Waals surface area contributed by atoms with Crippen LogP contribution in [0.3, 0.4) is 0 Å². The average Bonchev–Trinajstić information content (AvgIpc) is 3.07. The highest BCUT2D eigenvalue weighted by atomic mass is 79.9. The number of carboxylic acid groups (broad SMARTS) is 1. The minimum atomic E-state index is -0.791. The summed E-state index contributed by atoms with van der Waals surface area (Å²) in [5.74, 6) is -0.946. The van der Waals surface area contributed by atoms with E-state index < -0.39 is 5.97 Å². The maximum Gasteiger partial charge on any atom is 0.303 e. The summed E-state index contributed by atoms with van der Waals surface area (Å²) in [6.45, 7) is 0.502. The highest BCUT2D eigenvalue weighted by Crippen LogP contribution is 2.27. The maximum atomic E-state index is 12.9. The smallest absolute Gasteiger partial charge is 0.303 e. The van der Waals surface area contributed by atoms with Crippen molar-refractivity contribution < 1.29 is 14.7 Å². The number of hydrogen-bond acceptors (Lipinski definition) is 2. The quantitative estimate of drug-likeness (QED) is 0.316. The van der Waals surface area contributed by atoms with Gasteiger partial charge in [0.1, 0.15) is 0 Å². The van der Waals surface area contributed by atoms with Crippen LogP contribution in [0.4, 0.5) is 0 Å². The molecule has 0 saturated heterocycles. The molecule has 1 aromatic heterocycles. The zero-order valence-corrected chi connectivity index (χ0v) is 18.6. The molecule has 3 rings (SSSR count). The number of halogens is 2. The fourth-order valence-electron chi connectivity index (χ4n) is 3.18. The van der Waals surface area contributed by atoms with E-state index in [1.54, 1.807) is 0 Å². The van der Waals surface area contributed by atoms with E-state index in [1.807, 2.05) is 54.6 Å². The zero-order chi connectivity index (χ0) is 21.5. The van der Waals surface area contributed by atoms with Gasteiger partial charge in [-0.25, -0.2) is 0 Å². The number of rotatable bonds is 9. The first-order valence-electron chi connectivity index (χ1n) is 9.69. The van der Waals surface area contributed by atoms with Crippen molar-refractivity contribution in [1.29, 1.82) is 0 Å². The second-order valence-electron chi connectivity index (χ2n) is 6.95. The first kappa shape index (κ1) is 22.1. The van der Waals surface area contributed by atoms with Gasteiger partial charge in [-0.1, -0.05) is 58.2 Å². The molecule has 0 atom stereocenters. The van der Waals surface area contributed by atoms with Gasteiger partial charge in [-0.05, 0) is 48.7 Å². The second kappa shape index (κ2) is 10.5. The Bertz CT molecular complexity index is 1070. The van der Waals surface area contributed by atoms with Gasteiger partial charge in [-0.15, -0.1) is 0 Å². The van der Waals surface area contributed by atoms with Crippen molar-refractivity contribution in [2.75, 3.05) is 6.54 Å². The highest BCUT2D eigenvalue weighted by molar-refractivity contribution is 9.10. The van der Waals surface area contributed by atoms with Crippen molar-refractivity contribution in [2.45, 2.75) is 25.7 Å². The minimum Gasteiger partial charge on any atom is -0.481 e. The number of nitrogens with one attached hydrogen (secondary N) is 2. The Kier molecular flexibility index (Phi) is 7.71. The molecule has 2 aromatic carbocycles. The third kappa shape index (κ3) is 5.97. The monoisotopic (exact) mass is 488 g/mol. The van der Waals surface area contributed by atoms with Crippen LogP contribution in [0.1, 0.15) is 47.3 Å². The van der Waals surface area contributed by atoms with Gasteiger partial charge in [0.2, 0.25) is 0 Å². The predicted octanol–water partition coefficient (Wildman–Crippen LogP) is 6.13. The standard InChI is InChI=1S/C23H22BrClN2O3/c24-16-8-11-18-20(14-16)27-19(12-7-15-5-9-17(25)10-6-15)22(18)23(30)26-13-3-1-2-4-21(28)29/h5-12,14,27H,1-4,13H2,(H,26,30)(H,28,29)/b12-7+. The first-order chi connectivity index (χ1) is 14.4. The molecule has 30 heavy (non-hydrogen) atoms. The SMILES string of the molecule is O=C(O)CCCCCNC(=O)c1c(/C=C/c2ccc(Cl)cc2)[nH]c2cc(Br)ccc12. The summed E-state index contributed by atoms with van der Waals surface area (Å²) in [5.41, 5.74) is 3.16. The van der Waals surface area contributed by atoms with Gasteiger partial charge in [0.05, 0.1) is 11.3 Å². The number of carbonyl (C=O) groups excluding carboxylic acids is 1. The Labute approximate surface area is 188 Å². The van der Waals surface area contributed by atoms with E-state index in [0.717, 1.165) is 39.5 Å². The van der Waals surface area contributed by atoms with Crippen molar-refractivity contribution in [3.63, 3.8) is 0 Å². The number of amides is 1. The van der Waals surface area contributed by atoms with Gasteiger partial charge >= 0.3 is 5.97 Å². The number of carbonyl (C=O) groups is 2. The lowest BCUT2D eigenvalue weighted by atomic mass is 10.1. The van der Waals surface area contributed by atoms with Crippen LogP contribution in [0.2, 0.25) is 5.02 Å². The molecule has 0 radical (unpaired) electrons. The molecule has 0 spiro atoms. The van der Waals surface area contributed by atoms with Gasteiger partial charge in [-0.3, -0.25) is 9.59 Å². The molecular weight excluding hydrogens is 468 g/mol. The van der Waals surface area contributed by atoms with Crippen molar-refractivity contribution in [3.05, 3.63) is 68.8 Å². The van der Waals surface area contributed by atoms with E-state index >= 15 is 0 Å². The molecule has 5 nitrogen and oxygen atoms in total. The summed E-state index contributed by atoms with van der Waals surface area (Å²) in [6, 6.07) is 13.2. The summed E-state index contributed by atoms with van der Waals surface area (Å²) in [4.78, 5) is 26.8. The van der Waals surface area contributed by atoms with E-state index in [-0.39, 0.29) is 12.3 Å². The van der Waals surface area contributed by atoms with Crippen LogP contribution in [0.15, 0.2) is 46.9 Å². The molecule has 0 aliphatic carbocycles. The summed E-state index contributed by atoms with van der Waals surface area (Å²) < 4.78 is 0.926. The van der Waals surface area contributed by atoms with Crippen LogP contribution < -0.4 is 5.32 Å². The molecule has 0 fully saturated rings. The number of benzene rings is 2. The third-order valence-electron chi connectivity index (χ3n) is 4.68. The van der Waals surface area contributed by atoms with Crippen LogP contribution in [-0.4, -0.2) is 28.5 Å². The lowest BCUT2D eigenvalue weighted by molar-refractivity contribution is -0.137. The van der Waals surface area contributed by atoms with E-state index in [9.17, 15) is 9.59 Å². The molecule has 1 amide bonds. The first-order valence-corrected chi connectivity index (χ1v) is 10.9. The Hall–Kier alpha value is -2.57. The molecule has 0 aliphatic heterocycles. The number of hydrogen-bond donors (Lipinski definition) is 3. The number of H-pyrrole nitrogens is 1. The van der Waals surface area contributed by atoms with Crippen molar-refractivity contribution in [3.8, 4) is 0 Å². The molecular formula is C23H22BrClN2O3. The predicted molar refractivity (Wildman–Crippen MR) is 125 cm³/mol. The molecule has 156 valence electrons. The molecule has 1 heterocycles. The summed E-state index contributed by atoms with van der Waals surface area (Å²) in [7, 11) is 0. The van der Waals surface area contributed by atoms with E-state index in [4.69, 9.17) is 16.7 Å². The molecule has 3 N–H and O–H groups in total. The topological polar surface area (TPSA) is 82.2 Å². The molecule has 0 unspecified atom stereocenters. The van der Waals surface area contributed by atoms with Crippen LogP contribution in [0.25, 0.3) is 23.1 Å². The largest absolute Gasteiger partial charge is 0.481 e.